The van der Waals surface area contributed by atoms with E-state index in [1.54, 1.807) is 12.1 Å². The van der Waals surface area contributed by atoms with Crippen molar-refractivity contribution in [2.45, 2.75) is 19.8 Å². The molecular weight excluding hydrogens is 278 g/mol. The van der Waals surface area contributed by atoms with Gasteiger partial charge in [-0.25, -0.2) is 0 Å². The molecule has 2 aromatic rings. The van der Waals surface area contributed by atoms with Crippen LogP contribution in [0.4, 0.5) is 0 Å². The topological polar surface area (TPSA) is 55.4 Å². The third-order valence-electron chi connectivity index (χ3n) is 3.79. The summed E-state index contributed by atoms with van der Waals surface area (Å²) in [5, 5.41) is 3.99. The smallest absolute Gasteiger partial charge is 0.259 e. The predicted molar refractivity (Wildman–Crippen MR) is 85.4 cm³/mol. The molecule has 0 aromatic heterocycles. The third-order valence-corrected chi connectivity index (χ3v) is 3.79. The van der Waals surface area contributed by atoms with E-state index >= 15 is 0 Å². The van der Waals surface area contributed by atoms with Crippen LogP contribution < -0.4 is 10.1 Å². The van der Waals surface area contributed by atoms with E-state index in [9.17, 15) is 9.59 Å². The van der Waals surface area contributed by atoms with E-state index in [0.29, 0.717) is 29.9 Å². The molecule has 2 aromatic carbocycles. The minimum Gasteiger partial charge on any atom is -0.489 e. The van der Waals surface area contributed by atoms with Crippen LogP contribution in [0.5, 0.6) is 5.75 Å². The van der Waals surface area contributed by atoms with E-state index in [4.69, 9.17) is 4.74 Å². The average Bonchev–Trinajstić information content (AvgIpc) is 2.51. The van der Waals surface area contributed by atoms with Crippen LogP contribution in [0.2, 0.25) is 0 Å². The Morgan fingerprint density at radius 3 is 2.82 bits per heavy atom. The number of carbonyl (C=O) groups is 2. The first-order valence-electron chi connectivity index (χ1n) is 7.35. The number of amides is 2. The molecule has 112 valence electrons. The molecule has 1 heterocycles. The van der Waals surface area contributed by atoms with E-state index in [-0.39, 0.29) is 11.8 Å². The highest BCUT2D eigenvalue weighted by Gasteiger charge is 2.29. The SMILES string of the molecule is C=CCOc1cc2cccc3c2c(c1CCC)C(=O)NC3=O. The maximum atomic E-state index is 12.4. The van der Waals surface area contributed by atoms with Crippen LogP contribution in [0.1, 0.15) is 39.6 Å². The molecule has 0 radical (unpaired) electrons. The molecule has 0 unspecified atom stereocenters. The Hall–Kier alpha value is -2.62. The first-order chi connectivity index (χ1) is 10.7. The zero-order valence-electron chi connectivity index (χ0n) is 12.4. The highest BCUT2D eigenvalue weighted by atomic mass is 16.5. The fourth-order valence-electron chi connectivity index (χ4n) is 2.92. The van der Waals surface area contributed by atoms with Gasteiger partial charge in [-0.2, -0.15) is 0 Å². The van der Waals surface area contributed by atoms with Crippen LogP contribution in [0, 0.1) is 0 Å². The van der Waals surface area contributed by atoms with Gasteiger partial charge in [-0.15, -0.1) is 0 Å². The Morgan fingerprint density at radius 2 is 2.09 bits per heavy atom. The van der Waals surface area contributed by atoms with Crippen molar-refractivity contribution in [1.82, 2.24) is 5.32 Å². The summed E-state index contributed by atoms with van der Waals surface area (Å²) in [6.07, 6.45) is 3.27. The minimum absolute atomic E-state index is 0.342. The summed E-state index contributed by atoms with van der Waals surface area (Å²) < 4.78 is 5.75. The zero-order chi connectivity index (χ0) is 15.7. The van der Waals surface area contributed by atoms with Gasteiger partial charge in [0.25, 0.3) is 11.8 Å². The fraction of sp³-hybridized carbons (Fsp3) is 0.222. The summed E-state index contributed by atoms with van der Waals surface area (Å²) in [7, 11) is 0. The van der Waals surface area contributed by atoms with Crippen molar-refractivity contribution in [2.24, 2.45) is 0 Å². The lowest BCUT2D eigenvalue weighted by molar-refractivity contribution is 0.0844. The molecule has 0 saturated heterocycles. The number of imide groups is 1. The second-order valence-corrected chi connectivity index (χ2v) is 5.26. The van der Waals surface area contributed by atoms with Gasteiger partial charge in [0.2, 0.25) is 0 Å². The van der Waals surface area contributed by atoms with Gasteiger partial charge in [-0.3, -0.25) is 14.9 Å². The number of hydrogen-bond acceptors (Lipinski definition) is 3. The number of benzene rings is 2. The van der Waals surface area contributed by atoms with Crippen molar-refractivity contribution in [3.63, 3.8) is 0 Å². The molecule has 4 nitrogen and oxygen atoms in total. The van der Waals surface area contributed by atoms with Crippen molar-refractivity contribution in [3.05, 3.63) is 53.6 Å². The van der Waals surface area contributed by atoms with Crippen LogP contribution in [-0.4, -0.2) is 18.4 Å². The van der Waals surface area contributed by atoms with Crippen molar-refractivity contribution in [1.29, 1.82) is 0 Å². The number of nitrogens with one attached hydrogen (secondary N) is 1. The standard InChI is InChI=1S/C18H17NO3/c1-3-6-12-14(22-9-4-2)10-11-7-5-8-13-15(11)16(12)18(21)19-17(13)20/h4-5,7-8,10H,2-3,6,9H2,1H3,(H,19,20,21). The maximum Gasteiger partial charge on any atom is 0.259 e. The van der Waals surface area contributed by atoms with Crippen molar-refractivity contribution < 1.29 is 14.3 Å². The van der Waals surface area contributed by atoms with Crippen LogP contribution in [-0.2, 0) is 6.42 Å². The molecule has 3 rings (SSSR count). The fourth-order valence-corrected chi connectivity index (χ4v) is 2.92. The maximum absolute atomic E-state index is 12.4. The Kier molecular flexibility index (Phi) is 3.67. The second kappa shape index (κ2) is 5.64. The molecule has 2 amide bonds. The number of hydrogen-bond donors (Lipinski definition) is 1. The van der Waals surface area contributed by atoms with E-state index < -0.39 is 0 Å². The minimum atomic E-state index is -0.346. The molecule has 0 saturated carbocycles. The molecule has 1 aliphatic rings. The zero-order valence-corrected chi connectivity index (χ0v) is 12.4. The Labute approximate surface area is 128 Å². The van der Waals surface area contributed by atoms with Crippen molar-refractivity contribution >= 4 is 22.6 Å². The molecule has 0 fully saturated rings. The van der Waals surface area contributed by atoms with Gasteiger partial charge in [0.05, 0.1) is 5.56 Å². The van der Waals surface area contributed by atoms with Crippen LogP contribution in [0.15, 0.2) is 36.9 Å². The number of carbonyl (C=O) groups excluding carboxylic acids is 2. The van der Waals surface area contributed by atoms with Gasteiger partial charge in [0, 0.05) is 16.5 Å². The summed E-state index contributed by atoms with van der Waals surface area (Å²) in [5.74, 6) is -0.00240. The van der Waals surface area contributed by atoms with Gasteiger partial charge < -0.3 is 4.74 Å². The van der Waals surface area contributed by atoms with Gasteiger partial charge in [0.1, 0.15) is 12.4 Å². The van der Waals surface area contributed by atoms with Crippen molar-refractivity contribution in [2.75, 3.05) is 6.61 Å². The van der Waals surface area contributed by atoms with Crippen LogP contribution >= 0.6 is 0 Å². The first-order valence-corrected chi connectivity index (χ1v) is 7.35. The molecule has 4 heteroatoms. The summed E-state index contributed by atoms with van der Waals surface area (Å²) in [6.45, 7) is 6.08. The van der Waals surface area contributed by atoms with Gasteiger partial charge in [-0.05, 0) is 23.9 Å². The largest absolute Gasteiger partial charge is 0.489 e. The quantitative estimate of drug-likeness (QED) is 0.680. The van der Waals surface area contributed by atoms with Gasteiger partial charge >= 0.3 is 0 Å². The average molecular weight is 295 g/mol. The summed E-state index contributed by atoms with van der Waals surface area (Å²) in [4.78, 5) is 24.4. The van der Waals surface area contributed by atoms with E-state index in [1.807, 2.05) is 25.1 Å². The van der Waals surface area contributed by atoms with E-state index in [2.05, 4.69) is 11.9 Å². The van der Waals surface area contributed by atoms with E-state index in [1.165, 1.54) is 0 Å². The highest BCUT2D eigenvalue weighted by Crippen LogP contribution is 2.36. The third kappa shape index (κ3) is 2.17. The monoisotopic (exact) mass is 295 g/mol. The van der Waals surface area contributed by atoms with E-state index in [0.717, 1.165) is 22.8 Å². The Bertz CT molecular complexity index is 793. The molecule has 0 atom stereocenters. The lowest BCUT2D eigenvalue weighted by atomic mass is 9.89. The molecule has 1 aliphatic heterocycles. The molecular formula is C18H17NO3. The lowest BCUT2D eigenvalue weighted by Gasteiger charge is -2.22. The molecule has 0 spiro atoms. The second-order valence-electron chi connectivity index (χ2n) is 5.26. The molecule has 0 aliphatic carbocycles. The molecule has 1 N–H and O–H groups in total. The number of rotatable bonds is 5. The Balaban J connectivity index is 2.35. The van der Waals surface area contributed by atoms with Gasteiger partial charge in [-0.1, -0.05) is 38.1 Å². The summed E-state index contributed by atoms with van der Waals surface area (Å²) in [5.41, 5.74) is 1.96. The molecule has 22 heavy (non-hydrogen) atoms. The predicted octanol–water partition coefficient (Wildman–Crippen LogP) is 3.24. The summed E-state index contributed by atoms with van der Waals surface area (Å²) in [6, 6.07) is 7.36. The highest BCUT2D eigenvalue weighted by molar-refractivity contribution is 6.26. The Morgan fingerprint density at radius 1 is 1.27 bits per heavy atom. The normalized spacial score (nSPS) is 13.1. The van der Waals surface area contributed by atoms with Crippen LogP contribution in [0.25, 0.3) is 10.8 Å². The summed E-state index contributed by atoms with van der Waals surface area (Å²) >= 11 is 0. The first kappa shape index (κ1) is 14.3. The molecule has 0 bridgehead atoms. The van der Waals surface area contributed by atoms with Crippen LogP contribution in [0.3, 0.4) is 0 Å². The lowest BCUT2D eigenvalue weighted by Crippen LogP contribution is -2.35. The van der Waals surface area contributed by atoms with Gasteiger partial charge in [0.15, 0.2) is 0 Å². The van der Waals surface area contributed by atoms with Crippen molar-refractivity contribution in [3.8, 4) is 5.75 Å². The number of ether oxygens (including phenoxy) is 1.